The Kier molecular flexibility index (Phi) is 6.41. The molecule has 9 nitrogen and oxygen atoms in total. The summed E-state index contributed by atoms with van der Waals surface area (Å²) >= 11 is 0. The van der Waals surface area contributed by atoms with Gasteiger partial charge in [0.05, 0.1) is 38.5 Å². The molecule has 0 spiro atoms. The molecule has 0 aliphatic carbocycles. The van der Waals surface area contributed by atoms with Gasteiger partial charge in [-0.3, -0.25) is 0 Å². The molecule has 1 aromatic heterocycles. The highest BCUT2D eigenvalue weighted by Crippen LogP contribution is 2.36. The van der Waals surface area contributed by atoms with E-state index in [-0.39, 0.29) is 13.2 Å². The molecule has 1 saturated heterocycles. The number of fused-ring (bicyclic) bond motifs is 1. The predicted octanol–water partition coefficient (Wildman–Crippen LogP) is 1.11. The summed E-state index contributed by atoms with van der Waals surface area (Å²) in [6.07, 6.45) is 0.572. The summed E-state index contributed by atoms with van der Waals surface area (Å²) in [6, 6.07) is 8.17. The first kappa shape index (κ1) is 20.5. The molecule has 4 rings (SSSR count). The third-order valence-electron chi connectivity index (χ3n) is 5.15. The highest BCUT2D eigenvalue weighted by atomic mass is 16.5. The van der Waals surface area contributed by atoms with Gasteiger partial charge in [0.2, 0.25) is 5.95 Å². The summed E-state index contributed by atoms with van der Waals surface area (Å²) in [7, 11) is 0. The lowest BCUT2D eigenvalue weighted by atomic mass is 10.2. The average molecular weight is 412 g/mol. The Bertz CT molecular complexity index is 908. The molecule has 1 fully saturated rings. The Balaban J connectivity index is 1.67. The van der Waals surface area contributed by atoms with Gasteiger partial charge < -0.3 is 30.1 Å². The van der Waals surface area contributed by atoms with Gasteiger partial charge in [-0.2, -0.15) is 4.98 Å². The molecule has 0 atom stereocenters. The van der Waals surface area contributed by atoms with Gasteiger partial charge in [-0.25, -0.2) is 9.98 Å². The SMILES string of the molecule is Cc1cccc(NC2=Nc3c(nc(N(CCO)CCO)nc3N3CCOCC3)C2)c1. The maximum atomic E-state index is 9.43. The van der Waals surface area contributed by atoms with Gasteiger partial charge in [-0.15, -0.1) is 0 Å². The molecule has 9 heteroatoms. The quantitative estimate of drug-likeness (QED) is 0.621. The van der Waals surface area contributed by atoms with E-state index in [0.717, 1.165) is 41.8 Å². The number of rotatable bonds is 7. The maximum Gasteiger partial charge on any atom is 0.227 e. The van der Waals surface area contributed by atoms with Gasteiger partial charge >= 0.3 is 0 Å². The van der Waals surface area contributed by atoms with Crippen molar-refractivity contribution in [3.05, 3.63) is 35.5 Å². The molecule has 0 saturated carbocycles. The fourth-order valence-electron chi connectivity index (χ4n) is 3.70. The van der Waals surface area contributed by atoms with Crippen LogP contribution in [-0.2, 0) is 11.2 Å². The number of morpholine rings is 1. The number of nitrogens with zero attached hydrogens (tertiary/aromatic N) is 5. The van der Waals surface area contributed by atoms with Gasteiger partial charge in [-0.05, 0) is 24.6 Å². The molecule has 3 N–H and O–H groups in total. The number of benzene rings is 1. The van der Waals surface area contributed by atoms with Crippen LogP contribution < -0.4 is 15.1 Å². The zero-order valence-corrected chi connectivity index (χ0v) is 17.2. The summed E-state index contributed by atoms with van der Waals surface area (Å²) < 4.78 is 5.50. The van der Waals surface area contributed by atoms with Gasteiger partial charge in [0.1, 0.15) is 11.5 Å². The molecule has 0 amide bonds. The fourth-order valence-corrected chi connectivity index (χ4v) is 3.70. The molecule has 1 aromatic carbocycles. The monoisotopic (exact) mass is 412 g/mol. The van der Waals surface area contributed by atoms with Crippen molar-refractivity contribution in [1.29, 1.82) is 0 Å². The van der Waals surface area contributed by atoms with Crippen molar-refractivity contribution in [2.24, 2.45) is 4.99 Å². The Hall–Kier alpha value is -2.75. The highest BCUT2D eigenvalue weighted by Gasteiger charge is 2.27. The first-order chi connectivity index (χ1) is 14.7. The number of amidine groups is 1. The molecule has 0 radical (unpaired) electrons. The van der Waals surface area contributed by atoms with E-state index >= 15 is 0 Å². The van der Waals surface area contributed by atoms with E-state index in [9.17, 15) is 10.2 Å². The zero-order chi connectivity index (χ0) is 20.9. The third kappa shape index (κ3) is 4.53. The van der Waals surface area contributed by atoms with E-state index < -0.39 is 0 Å². The van der Waals surface area contributed by atoms with Crippen LogP contribution >= 0.6 is 0 Å². The van der Waals surface area contributed by atoms with Crippen LogP contribution in [0.25, 0.3) is 0 Å². The number of nitrogens with one attached hydrogen (secondary N) is 1. The second kappa shape index (κ2) is 9.38. The lowest BCUT2D eigenvalue weighted by Crippen LogP contribution is -2.38. The van der Waals surface area contributed by atoms with Crippen molar-refractivity contribution in [3.63, 3.8) is 0 Å². The number of aromatic nitrogens is 2. The smallest absolute Gasteiger partial charge is 0.227 e. The van der Waals surface area contributed by atoms with Gasteiger partial charge in [0.25, 0.3) is 0 Å². The number of aliphatic imine (C=N–C) groups is 1. The standard InChI is InChI=1S/C21H28N6O3/c1-15-3-2-4-16(13-15)22-18-14-17-19(24-18)20(26-7-11-30-12-8-26)25-21(23-17)27(5-9-28)6-10-29/h2-4,13,28-29H,5-12,14H2,1H3,(H,22,24). The Labute approximate surface area is 176 Å². The van der Waals surface area contributed by atoms with E-state index in [1.54, 1.807) is 4.90 Å². The van der Waals surface area contributed by atoms with E-state index in [4.69, 9.17) is 19.7 Å². The second-order valence-corrected chi connectivity index (χ2v) is 7.41. The highest BCUT2D eigenvalue weighted by molar-refractivity contribution is 6.03. The Morgan fingerprint density at radius 2 is 1.90 bits per heavy atom. The van der Waals surface area contributed by atoms with Crippen LogP contribution in [-0.4, -0.2) is 78.6 Å². The van der Waals surface area contributed by atoms with Gasteiger partial charge in [0.15, 0.2) is 5.82 Å². The summed E-state index contributed by atoms with van der Waals surface area (Å²) in [5.74, 6) is 2.11. The minimum absolute atomic E-state index is 0.0377. The molecule has 2 aliphatic rings. The second-order valence-electron chi connectivity index (χ2n) is 7.41. The summed E-state index contributed by atoms with van der Waals surface area (Å²) in [5, 5.41) is 22.3. The van der Waals surface area contributed by atoms with Crippen LogP contribution in [0.4, 0.5) is 23.1 Å². The summed E-state index contributed by atoms with van der Waals surface area (Å²) in [5.41, 5.74) is 3.79. The Morgan fingerprint density at radius 3 is 2.60 bits per heavy atom. The van der Waals surface area contributed by atoms with Crippen LogP contribution in [0.5, 0.6) is 0 Å². The molecular formula is C21H28N6O3. The number of hydrogen-bond acceptors (Lipinski definition) is 9. The van der Waals surface area contributed by atoms with E-state index in [1.165, 1.54) is 5.56 Å². The molecule has 2 aliphatic heterocycles. The van der Waals surface area contributed by atoms with Crippen LogP contribution in [0.3, 0.4) is 0 Å². The van der Waals surface area contributed by atoms with Crippen LogP contribution in [0, 0.1) is 6.92 Å². The fraction of sp³-hybridized carbons (Fsp3) is 0.476. The number of ether oxygens (including phenoxy) is 1. The third-order valence-corrected chi connectivity index (χ3v) is 5.15. The molecule has 30 heavy (non-hydrogen) atoms. The molecule has 2 aromatic rings. The average Bonchev–Trinajstić information content (AvgIpc) is 3.15. The van der Waals surface area contributed by atoms with Crippen LogP contribution in [0.1, 0.15) is 11.3 Å². The number of aliphatic hydroxyl groups excluding tert-OH is 2. The van der Waals surface area contributed by atoms with Crippen LogP contribution in [0.15, 0.2) is 29.3 Å². The Morgan fingerprint density at radius 1 is 1.13 bits per heavy atom. The van der Waals surface area contributed by atoms with E-state index in [2.05, 4.69) is 29.3 Å². The van der Waals surface area contributed by atoms with Gasteiger partial charge in [0, 0.05) is 31.9 Å². The number of hydrogen-bond donors (Lipinski definition) is 3. The first-order valence-electron chi connectivity index (χ1n) is 10.3. The minimum atomic E-state index is -0.0377. The number of aryl methyl sites for hydroxylation is 1. The zero-order valence-electron chi connectivity index (χ0n) is 17.2. The summed E-state index contributed by atoms with van der Waals surface area (Å²) in [4.78, 5) is 18.3. The molecule has 0 unspecified atom stereocenters. The van der Waals surface area contributed by atoms with E-state index in [0.29, 0.717) is 38.7 Å². The molecule has 3 heterocycles. The molecule has 0 bridgehead atoms. The van der Waals surface area contributed by atoms with E-state index in [1.807, 2.05) is 12.1 Å². The normalized spacial score (nSPS) is 15.7. The molecular weight excluding hydrogens is 384 g/mol. The number of aliphatic hydroxyl groups is 2. The molecule has 160 valence electrons. The van der Waals surface area contributed by atoms with Crippen molar-refractivity contribution < 1.29 is 14.9 Å². The lowest BCUT2D eigenvalue weighted by molar-refractivity contribution is 0.122. The predicted molar refractivity (Wildman–Crippen MR) is 117 cm³/mol. The van der Waals surface area contributed by atoms with Crippen molar-refractivity contribution in [2.75, 3.05) is 67.7 Å². The summed E-state index contributed by atoms with van der Waals surface area (Å²) in [6.45, 7) is 5.45. The lowest BCUT2D eigenvalue weighted by Gasteiger charge is -2.30. The topological polar surface area (TPSA) is 106 Å². The largest absolute Gasteiger partial charge is 0.395 e. The van der Waals surface area contributed by atoms with Crippen molar-refractivity contribution in [3.8, 4) is 0 Å². The van der Waals surface area contributed by atoms with Crippen LogP contribution in [0.2, 0.25) is 0 Å². The van der Waals surface area contributed by atoms with Crippen molar-refractivity contribution >= 4 is 29.0 Å². The van der Waals surface area contributed by atoms with Crippen molar-refractivity contribution in [2.45, 2.75) is 13.3 Å². The van der Waals surface area contributed by atoms with Gasteiger partial charge in [-0.1, -0.05) is 12.1 Å². The first-order valence-corrected chi connectivity index (χ1v) is 10.3. The van der Waals surface area contributed by atoms with Crippen molar-refractivity contribution in [1.82, 2.24) is 9.97 Å². The maximum absolute atomic E-state index is 9.43. The number of anilines is 3. The minimum Gasteiger partial charge on any atom is -0.395 e.